The zero-order valence-electron chi connectivity index (χ0n) is 14.0. The highest BCUT2D eigenvalue weighted by atomic mass is 16.1. The molecule has 1 atom stereocenters. The number of rotatable bonds is 12. The zero-order valence-corrected chi connectivity index (χ0v) is 14.0. The SMILES string of the molecule is CCNC(C)(CCCCN(C)CCCN(C)C)C(N)=O. The number of primary amides is 1. The average molecular weight is 286 g/mol. The summed E-state index contributed by atoms with van der Waals surface area (Å²) in [5.74, 6) is -0.251. The monoisotopic (exact) mass is 286 g/mol. The third-order valence-corrected chi connectivity index (χ3v) is 3.72. The Labute approximate surface area is 124 Å². The number of amides is 1. The highest BCUT2D eigenvalue weighted by molar-refractivity contribution is 5.84. The fourth-order valence-electron chi connectivity index (χ4n) is 2.32. The quantitative estimate of drug-likeness (QED) is 0.523. The van der Waals surface area contributed by atoms with Crippen LogP contribution in [0.5, 0.6) is 0 Å². The molecule has 120 valence electrons. The van der Waals surface area contributed by atoms with E-state index >= 15 is 0 Å². The zero-order chi connectivity index (χ0) is 15.6. The van der Waals surface area contributed by atoms with Crippen LogP contribution in [0.2, 0.25) is 0 Å². The highest BCUT2D eigenvalue weighted by Crippen LogP contribution is 2.13. The fourth-order valence-corrected chi connectivity index (χ4v) is 2.32. The first-order chi connectivity index (χ1) is 9.31. The molecule has 0 spiro atoms. The third-order valence-electron chi connectivity index (χ3n) is 3.72. The number of carbonyl (C=O) groups is 1. The Morgan fingerprint density at radius 2 is 1.70 bits per heavy atom. The van der Waals surface area contributed by atoms with Gasteiger partial charge in [-0.1, -0.05) is 6.92 Å². The molecule has 0 rings (SSSR count). The van der Waals surface area contributed by atoms with Crippen LogP contribution in [-0.2, 0) is 4.79 Å². The number of nitrogens with zero attached hydrogens (tertiary/aromatic N) is 2. The minimum Gasteiger partial charge on any atom is -0.368 e. The van der Waals surface area contributed by atoms with Gasteiger partial charge in [0.1, 0.15) is 0 Å². The number of unbranched alkanes of at least 4 members (excludes halogenated alkanes) is 1. The van der Waals surface area contributed by atoms with Gasteiger partial charge in [0, 0.05) is 0 Å². The van der Waals surface area contributed by atoms with Crippen LogP contribution in [0.25, 0.3) is 0 Å². The molecule has 0 saturated carbocycles. The molecule has 1 unspecified atom stereocenters. The maximum Gasteiger partial charge on any atom is 0.237 e. The molecule has 0 heterocycles. The molecule has 0 aliphatic rings. The van der Waals surface area contributed by atoms with Crippen molar-refractivity contribution in [1.29, 1.82) is 0 Å². The molecule has 20 heavy (non-hydrogen) atoms. The van der Waals surface area contributed by atoms with E-state index in [0.717, 1.165) is 45.4 Å². The summed E-state index contributed by atoms with van der Waals surface area (Å²) in [4.78, 5) is 16.1. The van der Waals surface area contributed by atoms with Crippen LogP contribution in [0.4, 0.5) is 0 Å². The van der Waals surface area contributed by atoms with Crippen LogP contribution >= 0.6 is 0 Å². The van der Waals surface area contributed by atoms with Crippen molar-refractivity contribution >= 4 is 5.91 Å². The second-order valence-corrected chi connectivity index (χ2v) is 6.14. The molecule has 0 aromatic carbocycles. The van der Waals surface area contributed by atoms with Crippen molar-refractivity contribution in [2.45, 2.75) is 45.1 Å². The van der Waals surface area contributed by atoms with Crippen molar-refractivity contribution < 1.29 is 4.79 Å². The van der Waals surface area contributed by atoms with Crippen LogP contribution < -0.4 is 11.1 Å². The first-order valence-corrected chi connectivity index (χ1v) is 7.70. The Kier molecular flexibility index (Phi) is 9.80. The predicted molar refractivity (Wildman–Crippen MR) is 85.8 cm³/mol. The molecule has 0 aliphatic heterocycles. The van der Waals surface area contributed by atoms with E-state index in [-0.39, 0.29) is 5.91 Å². The van der Waals surface area contributed by atoms with Gasteiger partial charge in [0.05, 0.1) is 5.54 Å². The van der Waals surface area contributed by atoms with Crippen LogP contribution in [0.15, 0.2) is 0 Å². The molecular weight excluding hydrogens is 252 g/mol. The summed E-state index contributed by atoms with van der Waals surface area (Å²) < 4.78 is 0. The average Bonchev–Trinajstić information content (AvgIpc) is 2.34. The van der Waals surface area contributed by atoms with E-state index in [1.807, 2.05) is 13.8 Å². The Morgan fingerprint density at radius 3 is 2.20 bits per heavy atom. The summed E-state index contributed by atoms with van der Waals surface area (Å²) in [6.07, 6.45) is 4.12. The van der Waals surface area contributed by atoms with Gasteiger partial charge in [0.25, 0.3) is 0 Å². The van der Waals surface area contributed by atoms with Crippen molar-refractivity contribution in [3.63, 3.8) is 0 Å². The summed E-state index contributed by atoms with van der Waals surface area (Å²) in [6.45, 7) is 8.00. The van der Waals surface area contributed by atoms with Crippen LogP contribution in [0.3, 0.4) is 0 Å². The minimum absolute atomic E-state index is 0.251. The Bertz CT molecular complexity index is 271. The topological polar surface area (TPSA) is 61.6 Å². The van der Waals surface area contributed by atoms with E-state index in [0.29, 0.717) is 0 Å². The summed E-state index contributed by atoms with van der Waals surface area (Å²) in [7, 11) is 6.37. The Morgan fingerprint density at radius 1 is 1.10 bits per heavy atom. The number of nitrogens with one attached hydrogen (secondary N) is 1. The van der Waals surface area contributed by atoms with Crippen LogP contribution in [0, 0.1) is 0 Å². The van der Waals surface area contributed by atoms with Crippen molar-refractivity contribution in [2.75, 3.05) is 47.3 Å². The molecule has 5 heteroatoms. The first kappa shape index (κ1) is 19.4. The predicted octanol–water partition coefficient (Wildman–Crippen LogP) is 0.894. The lowest BCUT2D eigenvalue weighted by Gasteiger charge is -2.27. The second-order valence-electron chi connectivity index (χ2n) is 6.14. The van der Waals surface area contributed by atoms with Gasteiger partial charge in [-0.25, -0.2) is 0 Å². The van der Waals surface area contributed by atoms with Crippen LogP contribution in [0.1, 0.15) is 39.5 Å². The van der Waals surface area contributed by atoms with Gasteiger partial charge in [-0.15, -0.1) is 0 Å². The largest absolute Gasteiger partial charge is 0.368 e. The van der Waals surface area contributed by atoms with Crippen molar-refractivity contribution in [3.8, 4) is 0 Å². The van der Waals surface area contributed by atoms with Crippen molar-refractivity contribution in [2.24, 2.45) is 5.73 Å². The van der Waals surface area contributed by atoms with E-state index in [1.54, 1.807) is 0 Å². The molecule has 5 nitrogen and oxygen atoms in total. The normalized spacial score (nSPS) is 14.8. The molecule has 1 amide bonds. The van der Waals surface area contributed by atoms with Gasteiger partial charge >= 0.3 is 0 Å². The number of likely N-dealkylation sites (N-methyl/N-ethyl adjacent to an activating group) is 1. The number of hydrogen-bond acceptors (Lipinski definition) is 4. The van der Waals surface area contributed by atoms with E-state index in [9.17, 15) is 4.79 Å². The molecule has 0 aromatic rings. The van der Waals surface area contributed by atoms with E-state index in [2.05, 4.69) is 36.3 Å². The lowest BCUT2D eigenvalue weighted by atomic mass is 9.94. The summed E-state index contributed by atoms with van der Waals surface area (Å²) in [5.41, 5.74) is 4.92. The van der Waals surface area contributed by atoms with Gasteiger partial charge in [-0.05, 0) is 79.9 Å². The first-order valence-electron chi connectivity index (χ1n) is 7.70. The van der Waals surface area contributed by atoms with E-state index in [1.165, 1.54) is 6.42 Å². The molecule has 0 radical (unpaired) electrons. The van der Waals surface area contributed by atoms with Crippen molar-refractivity contribution in [1.82, 2.24) is 15.1 Å². The minimum atomic E-state index is -0.557. The second kappa shape index (κ2) is 10.1. The highest BCUT2D eigenvalue weighted by Gasteiger charge is 2.28. The Balaban J connectivity index is 3.80. The molecule has 3 N–H and O–H groups in total. The van der Waals surface area contributed by atoms with Crippen LogP contribution in [-0.4, -0.2) is 68.6 Å². The maximum atomic E-state index is 11.5. The molecule has 0 fully saturated rings. The maximum absolute atomic E-state index is 11.5. The number of hydrogen-bond donors (Lipinski definition) is 2. The van der Waals surface area contributed by atoms with Gasteiger partial charge in [-0.2, -0.15) is 0 Å². The molecule has 0 saturated heterocycles. The van der Waals surface area contributed by atoms with Gasteiger partial charge in [0.15, 0.2) is 0 Å². The lowest BCUT2D eigenvalue weighted by molar-refractivity contribution is -0.124. The summed E-state index contributed by atoms with van der Waals surface area (Å²) >= 11 is 0. The smallest absolute Gasteiger partial charge is 0.237 e. The van der Waals surface area contributed by atoms with E-state index in [4.69, 9.17) is 5.73 Å². The fraction of sp³-hybridized carbons (Fsp3) is 0.933. The van der Waals surface area contributed by atoms with Gasteiger partial charge in [-0.3, -0.25) is 4.79 Å². The molecule has 0 aliphatic carbocycles. The standard InChI is InChI=1S/C15H34N4O/c1-6-17-15(2,14(16)20)10-7-8-12-19(5)13-9-11-18(3)4/h17H,6-13H2,1-5H3,(H2,16,20). The third kappa shape index (κ3) is 8.51. The number of carbonyl (C=O) groups excluding carboxylic acids is 1. The lowest BCUT2D eigenvalue weighted by Crippen LogP contribution is -2.53. The Hall–Kier alpha value is -0.650. The van der Waals surface area contributed by atoms with E-state index < -0.39 is 5.54 Å². The van der Waals surface area contributed by atoms with Crippen molar-refractivity contribution in [3.05, 3.63) is 0 Å². The molecular formula is C15H34N4O. The van der Waals surface area contributed by atoms with Gasteiger partial charge in [0.2, 0.25) is 5.91 Å². The summed E-state index contributed by atoms with van der Waals surface area (Å²) in [6, 6.07) is 0. The van der Waals surface area contributed by atoms with Gasteiger partial charge < -0.3 is 20.9 Å². The molecule has 0 bridgehead atoms. The summed E-state index contributed by atoms with van der Waals surface area (Å²) in [5, 5.41) is 3.20. The number of nitrogens with two attached hydrogens (primary N) is 1. The molecule has 0 aromatic heterocycles.